The Labute approximate surface area is 99.0 Å². The molecule has 0 aromatic heterocycles. The highest BCUT2D eigenvalue weighted by molar-refractivity contribution is 5.89. The molecular weight excluding hydrogens is 202 g/mol. The Morgan fingerprint density at radius 1 is 1.12 bits per heavy atom. The third-order valence-electron chi connectivity index (χ3n) is 2.50. The average molecular weight is 227 g/mol. The van der Waals surface area contributed by atoms with Gasteiger partial charge in [0.15, 0.2) is 0 Å². The second-order valence-electron chi connectivity index (χ2n) is 3.95. The number of hydrogen-bond donors (Lipinski definition) is 1. The first-order chi connectivity index (χ1) is 7.67. The van der Waals surface area contributed by atoms with E-state index in [1.54, 1.807) is 0 Å². The number of allylic oxidation sites excluding steroid dienone is 1. The lowest BCUT2D eigenvalue weighted by Gasteiger charge is -2.10. The number of carbonyl (C=O) groups is 1. The van der Waals surface area contributed by atoms with Crippen molar-refractivity contribution in [2.75, 3.05) is 6.61 Å². The molecule has 94 valence electrons. The van der Waals surface area contributed by atoms with E-state index < -0.39 is 0 Å². The molecule has 0 saturated carbocycles. The van der Waals surface area contributed by atoms with Gasteiger partial charge < -0.3 is 10.5 Å². The first-order valence-corrected chi connectivity index (χ1v) is 6.31. The highest BCUT2D eigenvalue weighted by Crippen LogP contribution is 2.12. The van der Waals surface area contributed by atoms with Gasteiger partial charge in [-0.15, -0.1) is 0 Å². The zero-order valence-corrected chi connectivity index (χ0v) is 10.8. The minimum atomic E-state index is -0.225. The van der Waals surface area contributed by atoms with Gasteiger partial charge in [0, 0.05) is 5.70 Å². The van der Waals surface area contributed by atoms with Crippen LogP contribution in [0.15, 0.2) is 11.3 Å². The topological polar surface area (TPSA) is 52.3 Å². The van der Waals surface area contributed by atoms with Crippen molar-refractivity contribution in [2.45, 2.75) is 59.3 Å². The van der Waals surface area contributed by atoms with Gasteiger partial charge in [-0.05, 0) is 19.3 Å². The molecule has 0 saturated heterocycles. The van der Waals surface area contributed by atoms with Crippen LogP contribution in [0.25, 0.3) is 0 Å². The van der Waals surface area contributed by atoms with Gasteiger partial charge in [0.05, 0.1) is 12.2 Å². The van der Waals surface area contributed by atoms with Crippen molar-refractivity contribution in [3.8, 4) is 0 Å². The van der Waals surface area contributed by atoms with Gasteiger partial charge in [0.1, 0.15) is 0 Å². The Morgan fingerprint density at radius 2 is 1.81 bits per heavy atom. The maximum absolute atomic E-state index is 11.7. The van der Waals surface area contributed by atoms with Crippen LogP contribution >= 0.6 is 0 Å². The Morgan fingerprint density at radius 3 is 2.31 bits per heavy atom. The number of hydrogen-bond acceptors (Lipinski definition) is 3. The van der Waals surface area contributed by atoms with Crippen LogP contribution in [0.4, 0.5) is 0 Å². The van der Waals surface area contributed by atoms with Crippen LogP contribution in [-0.2, 0) is 9.53 Å². The van der Waals surface area contributed by atoms with Crippen LogP contribution in [0.5, 0.6) is 0 Å². The molecule has 3 nitrogen and oxygen atoms in total. The molecule has 0 aliphatic heterocycles. The molecule has 0 bridgehead atoms. The van der Waals surface area contributed by atoms with Gasteiger partial charge in [0.2, 0.25) is 0 Å². The number of rotatable bonds is 8. The number of unbranched alkanes of at least 4 members (excludes halogenated alkanes) is 2. The monoisotopic (exact) mass is 227 g/mol. The summed E-state index contributed by atoms with van der Waals surface area (Å²) in [5, 5.41) is 0. The first kappa shape index (κ1) is 15.0. The fourth-order valence-corrected chi connectivity index (χ4v) is 1.46. The zero-order valence-electron chi connectivity index (χ0n) is 10.8. The maximum atomic E-state index is 11.7. The molecule has 3 heteroatoms. The fourth-order valence-electron chi connectivity index (χ4n) is 1.46. The summed E-state index contributed by atoms with van der Waals surface area (Å²) < 4.78 is 5.20. The summed E-state index contributed by atoms with van der Waals surface area (Å²) in [4.78, 5) is 11.7. The molecule has 0 radical (unpaired) electrons. The van der Waals surface area contributed by atoms with Crippen LogP contribution in [0.2, 0.25) is 0 Å². The molecule has 0 aromatic rings. The van der Waals surface area contributed by atoms with Crippen molar-refractivity contribution >= 4 is 5.97 Å². The second kappa shape index (κ2) is 9.25. The largest absolute Gasteiger partial charge is 0.462 e. The minimum absolute atomic E-state index is 0.225. The third-order valence-corrected chi connectivity index (χ3v) is 2.50. The summed E-state index contributed by atoms with van der Waals surface area (Å²) >= 11 is 0. The van der Waals surface area contributed by atoms with E-state index in [1.807, 2.05) is 13.8 Å². The lowest BCUT2D eigenvalue weighted by Crippen LogP contribution is -2.14. The molecule has 2 N–H and O–H groups in total. The van der Waals surface area contributed by atoms with Crippen molar-refractivity contribution in [2.24, 2.45) is 5.73 Å². The quantitative estimate of drug-likeness (QED) is 0.394. The van der Waals surface area contributed by atoms with Crippen molar-refractivity contribution in [3.63, 3.8) is 0 Å². The van der Waals surface area contributed by atoms with Crippen molar-refractivity contribution < 1.29 is 9.53 Å². The maximum Gasteiger partial charge on any atom is 0.335 e. The molecule has 0 spiro atoms. The summed E-state index contributed by atoms with van der Waals surface area (Å²) in [5.41, 5.74) is 7.15. The van der Waals surface area contributed by atoms with Crippen LogP contribution in [0.1, 0.15) is 59.3 Å². The van der Waals surface area contributed by atoms with Crippen molar-refractivity contribution in [1.82, 2.24) is 0 Å². The molecule has 0 heterocycles. The Bertz CT molecular complexity index is 234. The second-order valence-corrected chi connectivity index (χ2v) is 3.95. The van der Waals surface area contributed by atoms with E-state index in [2.05, 4.69) is 6.92 Å². The molecule has 0 aliphatic carbocycles. The summed E-state index contributed by atoms with van der Waals surface area (Å²) in [5.74, 6) is -0.225. The molecule has 0 aromatic carbocycles. The molecule has 0 amide bonds. The van der Waals surface area contributed by atoms with E-state index in [0.29, 0.717) is 30.7 Å². The van der Waals surface area contributed by atoms with Gasteiger partial charge in [-0.3, -0.25) is 0 Å². The van der Waals surface area contributed by atoms with Gasteiger partial charge in [0.25, 0.3) is 0 Å². The Balaban J connectivity index is 4.19. The molecule has 0 atom stereocenters. The zero-order chi connectivity index (χ0) is 12.4. The summed E-state index contributed by atoms with van der Waals surface area (Å²) in [6, 6.07) is 0. The predicted molar refractivity (Wildman–Crippen MR) is 66.9 cm³/mol. The van der Waals surface area contributed by atoms with Gasteiger partial charge in [-0.25, -0.2) is 4.79 Å². The number of esters is 1. The van der Waals surface area contributed by atoms with E-state index in [0.717, 1.165) is 25.7 Å². The Kier molecular flexibility index (Phi) is 8.68. The van der Waals surface area contributed by atoms with Crippen LogP contribution in [-0.4, -0.2) is 12.6 Å². The average Bonchev–Trinajstić information content (AvgIpc) is 2.30. The van der Waals surface area contributed by atoms with Crippen molar-refractivity contribution in [1.29, 1.82) is 0 Å². The molecule has 0 rings (SSSR count). The normalized spacial score (nSPS) is 12.2. The third kappa shape index (κ3) is 5.79. The van der Waals surface area contributed by atoms with E-state index >= 15 is 0 Å². The lowest BCUT2D eigenvalue weighted by atomic mass is 10.1. The SMILES string of the molecule is CCCCCOC(=O)/C(CCC)=C(\N)CC. The smallest absolute Gasteiger partial charge is 0.335 e. The fraction of sp³-hybridized carbons (Fsp3) is 0.769. The summed E-state index contributed by atoms with van der Waals surface area (Å²) in [7, 11) is 0. The van der Waals surface area contributed by atoms with Gasteiger partial charge >= 0.3 is 5.97 Å². The molecule has 0 aliphatic rings. The number of ether oxygens (including phenoxy) is 1. The highest BCUT2D eigenvalue weighted by Gasteiger charge is 2.13. The van der Waals surface area contributed by atoms with E-state index in [9.17, 15) is 4.79 Å². The van der Waals surface area contributed by atoms with Crippen molar-refractivity contribution in [3.05, 3.63) is 11.3 Å². The standard InChI is InChI=1S/C13H25NO2/c1-4-7-8-10-16-13(15)11(9-5-2)12(14)6-3/h4-10,14H2,1-3H3/b12-11-. The lowest BCUT2D eigenvalue weighted by molar-refractivity contribution is -0.139. The van der Waals surface area contributed by atoms with Crippen LogP contribution in [0.3, 0.4) is 0 Å². The van der Waals surface area contributed by atoms with Gasteiger partial charge in [-0.2, -0.15) is 0 Å². The number of carbonyl (C=O) groups excluding carboxylic acids is 1. The summed E-state index contributed by atoms with van der Waals surface area (Å²) in [6.07, 6.45) is 5.51. The molecule has 16 heavy (non-hydrogen) atoms. The Hall–Kier alpha value is -0.990. The van der Waals surface area contributed by atoms with Crippen LogP contribution in [0, 0.1) is 0 Å². The molecule has 0 unspecified atom stereocenters. The van der Waals surface area contributed by atoms with E-state index in [4.69, 9.17) is 10.5 Å². The van der Waals surface area contributed by atoms with Crippen LogP contribution < -0.4 is 5.73 Å². The van der Waals surface area contributed by atoms with E-state index in [-0.39, 0.29) is 5.97 Å². The number of nitrogens with two attached hydrogens (primary N) is 1. The molecular formula is C13H25NO2. The first-order valence-electron chi connectivity index (χ1n) is 6.31. The highest BCUT2D eigenvalue weighted by atomic mass is 16.5. The minimum Gasteiger partial charge on any atom is -0.462 e. The van der Waals surface area contributed by atoms with E-state index in [1.165, 1.54) is 0 Å². The predicted octanol–water partition coefficient (Wildman–Crippen LogP) is 3.14. The molecule has 0 fully saturated rings. The summed E-state index contributed by atoms with van der Waals surface area (Å²) in [6.45, 7) is 6.62. The van der Waals surface area contributed by atoms with Gasteiger partial charge in [-0.1, -0.05) is 40.0 Å².